The Bertz CT molecular complexity index is 554. The lowest BCUT2D eigenvalue weighted by Gasteiger charge is -2.00. The normalized spacial score (nSPS) is 10.9. The van der Waals surface area contributed by atoms with Gasteiger partial charge >= 0.3 is 0 Å². The molecule has 0 atom stereocenters. The molecule has 0 amide bonds. The van der Waals surface area contributed by atoms with E-state index in [0.29, 0.717) is 17.3 Å². The monoisotopic (exact) mass is 277 g/mol. The predicted octanol–water partition coefficient (Wildman–Crippen LogP) is 3.12. The molecule has 0 saturated heterocycles. The predicted molar refractivity (Wildman–Crippen MR) is 75.9 cm³/mol. The lowest BCUT2D eigenvalue weighted by atomic mass is 10.1. The summed E-state index contributed by atoms with van der Waals surface area (Å²) < 4.78 is 18.8. The van der Waals surface area contributed by atoms with E-state index in [1.807, 2.05) is 0 Å². The van der Waals surface area contributed by atoms with Gasteiger partial charge in [0.05, 0.1) is 0 Å². The highest BCUT2D eigenvalue weighted by atomic mass is 19.1. The molecule has 0 fully saturated rings. The SMILES string of the molecule is CCCNCCCc1nnc(-c2ccc(F)c(C)c2)o1. The van der Waals surface area contributed by atoms with Gasteiger partial charge in [0.15, 0.2) is 0 Å². The van der Waals surface area contributed by atoms with E-state index < -0.39 is 0 Å². The number of nitrogens with zero attached hydrogens (tertiary/aromatic N) is 2. The first kappa shape index (κ1) is 14.7. The first-order valence-corrected chi connectivity index (χ1v) is 7.00. The maximum atomic E-state index is 13.2. The Morgan fingerprint density at radius 3 is 2.85 bits per heavy atom. The number of halogens is 1. The fourth-order valence-corrected chi connectivity index (χ4v) is 1.92. The molecule has 20 heavy (non-hydrogen) atoms. The maximum Gasteiger partial charge on any atom is 0.247 e. The summed E-state index contributed by atoms with van der Waals surface area (Å²) in [5.41, 5.74) is 1.33. The Balaban J connectivity index is 1.93. The van der Waals surface area contributed by atoms with E-state index in [1.54, 1.807) is 19.1 Å². The lowest BCUT2D eigenvalue weighted by Crippen LogP contribution is -2.16. The van der Waals surface area contributed by atoms with Crippen molar-refractivity contribution in [1.82, 2.24) is 15.5 Å². The van der Waals surface area contributed by atoms with E-state index in [2.05, 4.69) is 22.4 Å². The minimum Gasteiger partial charge on any atom is -0.421 e. The average Bonchev–Trinajstić information content (AvgIpc) is 2.90. The molecule has 0 aliphatic heterocycles. The molecular weight excluding hydrogens is 257 g/mol. The summed E-state index contributed by atoms with van der Waals surface area (Å²) in [7, 11) is 0. The number of hydrogen-bond donors (Lipinski definition) is 1. The van der Waals surface area contributed by atoms with Crippen molar-refractivity contribution in [3.05, 3.63) is 35.5 Å². The van der Waals surface area contributed by atoms with Gasteiger partial charge in [-0.15, -0.1) is 10.2 Å². The molecule has 2 aromatic rings. The minimum absolute atomic E-state index is 0.226. The van der Waals surface area contributed by atoms with Crippen LogP contribution in [0.3, 0.4) is 0 Å². The number of benzene rings is 1. The molecular formula is C15H20FN3O. The van der Waals surface area contributed by atoms with Crippen LogP contribution in [0.1, 0.15) is 31.2 Å². The zero-order chi connectivity index (χ0) is 14.4. The number of rotatable bonds is 7. The zero-order valence-electron chi connectivity index (χ0n) is 11.9. The van der Waals surface area contributed by atoms with Gasteiger partial charge in [0.2, 0.25) is 11.8 Å². The Hall–Kier alpha value is -1.75. The molecule has 108 valence electrons. The topological polar surface area (TPSA) is 51.0 Å². The largest absolute Gasteiger partial charge is 0.421 e. The van der Waals surface area contributed by atoms with E-state index in [0.717, 1.165) is 37.9 Å². The van der Waals surface area contributed by atoms with Crippen LogP contribution in [0, 0.1) is 12.7 Å². The van der Waals surface area contributed by atoms with Crippen LogP contribution in [0.25, 0.3) is 11.5 Å². The quantitative estimate of drug-likeness (QED) is 0.790. The van der Waals surface area contributed by atoms with Gasteiger partial charge in [-0.2, -0.15) is 0 Å². The molecule has 1 heterocycles. The lowest BCUT2D eigenvalue weighted by molar-refractivity contribution is 0.491. The third-order valence-electron chi connectivity index (χ3n) is 3.04. The first-order valence-electron chi connectivity index (χ1n) is 7.00. The van der Waals surface area contributed by atoms with Crippen LogP contribution in [0.2, 0.25) is 0 Å². The summed E-state index contributed by atoms with van der Waals surface area (Å²) in [5, 5.41) is 11.4. The fraction of sp³-hybridized carbons (Fsp3) is 0.467. The molecule has 1 aromatic carbocycles. The Morgan fingerprint density at radius 1 is 1.25 bits per heavy atom. The Morgan fingerprint density at radius 2 is 2.10 bits per heavy atom. The van der Waals surface area contributed by atoms with Crippen molar-refractivity contribution in [3.8, 4) is 11.5 Å². The summed E-state index contributed by atoms with van der Waals surface area (Å²) in [6.45, 7) is 5.84. The van der Waals surface area contributed by atoms with Gasteiger partial charge in [0.1, 0.15) is 5.82 Å². The second kappa shape index (κ2) is 7.14. The summed E-state index contributed by atoms with van der Waals surface area (Å²) in [6, 6.07) is 4.79. The summed E-state index contributed by atoms with van der Waals surface area (Å²) in [4.78, 5) is 0. The van der Waals surface area contributed by atoms with E-state index in [4.69, 9.17) is 4.42 Å². The highest BCUT2D eigenvalue weighted by molar-refractivity contribution is 5.53. The number of aromatic nitrogens is 2. The van der Waals surface area contributed by atoms with Crippen LogP contribution < -0.4 is 5.32 Å². The molecule has 0 radical (unpaired) electrons. The summed E-state index contributed by atoms with van der Waals surface area (Å²) in [5.74, 6) is 0.848. The highest BCUT2D eigenvalue weighted by Gasteiger charge is 2.09. The average molecular weight is 277 g/mol. The van der Waals surface area contributed by atoms with Crippen molar-refractivity contribution in [2.24, 2.45) is 0 Å². The molecule has 0 spiro atoms. The molecule has 0 saturated carbocycles. The number of nitrogens with one attached hydrogen (secondary N) is 1. The molecule has 0 bridgehead atoms. The second-order valence-electron chi connectivity index (χ2n) is 4.82. The highest BCUT2D eigenvalue weighted by Crippen LogP contribution is 2.20. The molecule has 0 unspecified atom stereocenters. The van der Waals surface area contributed by atoms with Crippen LogP contribution in [-0.2, 0) is 6.42 Å². The van der Waals surface area contributed by atoms with Crippen molar-refractivity contribution < 1.29 is 8.81 Å². The van der Waals surface area contributed by atoms with Gasteiger partial charge in [0, 0.05) is 12.0 Å². The van der Waals surface area contributed by atoms with Crippen molar-refractivity contribution in [2.75, 3.05) is 13.1 Å². The van der Waals surface area contributed by atoms with Crippen LogP contribution in [0.15, 0.2) is 22.6 Å². The van der Waals surface area contributed by atoms with E-state index in [-0.39, 0.29) is 5.82 Å². The molecule has 1 aromatic heterocycles. The van der Waals surface area contributed by atoms with Gasteiger partial charge in [-0.05, 0) is 56.6 Å². The van der Waals surface area contributed by atoms with Gasteiger partial charge in [-0.25, -0.2) is 4.39 Å². The van der Waals surface area contributed by atoms with E-state index >= 15 is 0 Å². The van der Waals surface area contributed by atoms with Crippen LogP contribution in [0.4, 0.5) is 4.39 Å². The smallest absolute Gasteiger partial charge is 0.247 e. The fourth-order valence-electron chi connectivity index (χ4n) is 1.92. The van der Waals surface area contributed by atoms with E-state index in [1.165, 1.54) is 6.07 Å². The third kappa shape index (κ3) is 3.87. The molecule has 4 nitrogen and oxygen atoms in total. The van der Waals surface area contributed by atoms with E-state index in [9.17, 15) is 4.39 Å². The van der Waals surface area contributed by atoms with Crippen LogP contribution in [-0.4, -0.2) is 23.3 Å². The second-order valence-corrected chi connectivity index (χ2v) is 4.82. The van der Waals surface area contributed by atoms with Gasteiger partial charge in [-0.3, -0.25) is 0 Å². The number of hydrogen-bond acceptors (Lipinski definition) is 4. The first-order chi connectivity index (χ1) is 9.70. The molecule has 0 aliphatic carbocycles. The molecule has 5 heteroatoms. The van der Waals surface area contributed by atoms with Crippen molar-refractivity contribution in [2.45, 2.75) is 33.1 Å². The summed E-state index contributed by atoms with van der Waals surface area (Å²) >= 11 is 0. The van der Waals surface area contributed by atoms with Crippen LogP contribution >= 0.6 is 0 Å². The summed E-state index contributed by atoms with van der Waals surface area (Å²) in [6.07, 6.45) is 2.85. The van der Waals surface area contributed by atoms with Crippen molar-refractivity contribution in [3.63, 3.8) is 0 Å². The molecule has 0 aliphatic rings. The van der Waals surface area contributed by atoms with Gasteiger partial charge < -0.3 is 9.73 Å². The van der Waals surface area contributed by atoms with Gasteiger partial charge in [-0.1, -0.05) is 6.92 Å². The zero-order valence-corrected chi connectivity index (χ0v) is 11.9. The van der Waals surface area contributed by atoms with Crippen molar-refractivity contribution in [1.29, 1.82) is 0 Å². The minimum atomic E-state index is -0.226. The Labute approximate surface area is 118 Å². The molecule has 2 rings (SSSR count). The standard InChI is InChI=1S/C15H20FN3O/c1-3-8-17-9-4-5-14-18-19-15(20-14)12-6-7-13(16)11(2)10-12/h6-7,10,17H,3-5,8-9H2,1-2H3. The maximum absolute atomic E-state index is 13.2. The van der Waals surface area contributed by atoms with Crippen LogP contribution in [0.5, 0.6) is 0 Å². The Kier molecular flexibility index (Phi) is 5.24. The van der Waals surface area contributed by atoms with Crippen molar-refractivity contribution >= 4 is 0 Å². The van der Waals surface area contributed by atoms with Gasteiger partial charge in [0.25, 0.3) is 0 Å². The third-order valence-corrected chi connectivity index (χ3v) is 3.04. The molecule has 1 N–H and O–H groups in total. The number of aryl methyl sites for hydroxylation is 2.